The van der Waals surface area contributed by atoms with E-state index >= 15 is 0 Å². The van der Waals surface area contributed by atoms with Crippen LogP contribution in [0, 0.1) is 0 Å². The Morgan fingerprint density at radius 2 is 1.88 bits per heavy atom. The van der Waals surface area contributed by atoms with Crippen LogP contribution in [-0.2, 0) is 9.59 Å². The molecule has 3 rings (SSSR count). The molecule has 2 fully saturated rings. The van der Waals surface area contributed by atoms with E-state index in [4.69, 9.17) is 11.6 Å². The van der Waals surface area contributed by atoms with Gasteiger partial charge in [-0.15, -0.1) is 0 Å². The highest BCUT2D eigenvalue weighted by Crippen LogP contribution is 2.19. The molecule has 0 saturated carbocycles. The van der Waals surface area contributed by atoms with E-state index in [9.17, 15) is 9.59 Å². The van der Waals surface area contributed by atoms with Crippen molar-refractivity contribution in [2.45, 2.75) is 6.04 Å². The summed E-state index contributed by atoms with van der Waals surface area (Å²) in [6.07, 6.45) is 0. The van der Waals surface area contributed by atoms with Crippen molar-refractivity contribution < 1.29 is 9.59 Å². The maximum absolute atomic E-state index is 12.2. The summed E-state index contributed by atoms with van der Waals surface area (Å²) < 4.78 is 0. The van der Waals surface area contributed by atoms with Crippen LogP contribution in [0.1, 0.15) is 0 Å². The molecule has 8 nitrogen and oxygen atoms in total. The Morgan fingerprint density at radius 1 is 1.17 bits per heavy atom. The lowest BCUT2D eigenvalue weighted by atomic mass is 10.2. The Labute approximate surface area is 145 Å². The number of carbonyl (C=O) groups excluding carboxylic acids is 2. The predicted octanol–water partition coefficient (Wildman–Crippen LogP) is -0.914. The molecule has 0 spiro atoms. The fourth-order valence-electron chi connectivity index (χ4n) is 2.76. The van der Waals surface area contributed by atoms with Crippen LogP contribution in [0.2, 0.25) is 5.02 Å². The quantitative estimate of drug-likeness (QED) is 0.561. The normalized spacial score (nSPS) is 21.0. The number of amides is 2. The van der Waals surface area contributed by atoms with Crippen molar-refractivity contribution in [3.63, 3.8) is 0 Å². The number of piperazine rings is 1. The second kappa shape index (κ2) is 7.80. The van der Waals surface area contributed by atoms with Crippen LogP contribution in [0.15, 0.2) is 24.3 Å². The Kier molecular flexibility index (Phi) is 5.52. The van der Waals surface area contributed by atoms with Crippen molar-refractivity contribution in [3.05, 3.63) is 29.3 Å². The first-order valence-corrected chi connectivity index (χ1v) is 8.30. The second-order valence-electron chi connectivity index (χ2n) is 5.76. The van der Waals surface area contributed by atoms with E-state index < -0.39 is 0 Å². The Bertz CT molecular complexity index is 582. The van der Waals surface area contributed by atoms with Gasteiger partial charge in [-0.25, -0.2) is 10.9 Å². The number of hydrazine groups is 2. The SMILES string of the molecule is O=C(NCC(=O)N1CCN(c2ccc(Cl)cc2)CC1)C1CNNN1. The average Bonchev–Trinajstić information content (AvgIpc) is 3.15. The molecule has 130 valence electrons. The minimum absolute atomic E-state index is 0.0258. The summed E-state index contributed by atoms with van der Waals surface area (Å²) in [7, 11) is 0. The van der Waals surface area contributed by atoms with Gasteiger partial charge >= 0.3 is 0 Å². The summed E-state index contributed by atoms with van der Waals surface area (Å²) in [5.74, 6) is -0.251. The fourth-order valence-corrected chi connectivity index (χ4v) is 2.89. The first kappa shape index (κ1) is 17.0. The number of hydrogen-bond donors (Lipinski definition) is 4. The zero-order valence-electron chi connectivity index (χ0n) is 13.2. The molecule has 2 aliphatic heterocycles. The van der Waals surface area contributed by atoms with Crippen LogP contribution in [0.25, 0.3) is 0 Å². The Balaban J connectivity index is 1.43. The molecule has 0 aromatic heterocycles. The standard InChI is InChI=1S/C15H21ClN6O2/c16-11-1-3-12(4-2-11)21-5-7-22(8-6-21)14(23)10-17-15(24)13-9-18-20-19-13/h1-4,13,18-20H,5-10H2,(H,17,24). The second-order valence-corrected chi connectivity index (χ2v) is 6.20. The molecule has 0 aliphatic carbocycles. The molecular weight excluding hydrogens is 332 g/mol. The van der Waals surface area contributed by atoms with Crippen LogP contribution in [0.4, 0.5) is 5.69 Å². The zero-order chi connectivity index (χ0) is 16.9. The number of anilines is 1. The van der Waals surface area contributed by atoms with Crippen molar-refractivity contribution >= 4 is 29.1 Å². The van der Waals surface area contributed by atoms with Gasteiger partial charge in [0.15, 0.2) is 0 Å². The maximum atomic E-state index is 12.2. The van der Waals surface area contributed by atoms with Gasteiger partial charge in [-0.3, -0.25) is 9.59 Å². The number of rotatable bonds is 4. The third kappa shape index (κ3) is 4.15. The first-order chi connectivity index (χ1) is 11.6. The van der Waals surface area contributed by atoms with Crippen molar-refractivity contribution in [2.75, 3.05) is 44.2 Å². The van der Waals surface area contributed by atoms with Gasteiger partial charge in [-0.1, -0.05) is 11.6 Å². The number of hydrogen-bond acceptors (Lipinski definition) is 6. The lowest BCUT2D eigenvalue weighted by molar-refractivity contribution is -0.133. The van der Waals surface area contributed by atoms with Crippen LogP contribution >= 0.6 is 11.6 Å². The maximum Gasteiger partial charge on any atom is 0.242 e. The molecule has 0 bridgehead atoms. The van der Waals surface area contributed by atoms with Gasteiger partial charge < -0.3 is 15.1 Å². The summed E-state index contributed by atoms with van der Waals surface area (Å²) in [4.78, 5) is 28.1. The highest BCUT2D eigenvalue weighted by Gasteiger charge is 2.24. The minimum Gasteiger partial charge on any atom is -0.368 e. The summed E-state index contributed by atoms with van der Waals surface area (Å²) in [6.45, 7) is 3.32. The van der Waals surface area contributed by atoms with Crippen LogP contribution < -0.4 is 26.6 Å². The Hall–Kier alpha value is -1.87. The van der Waals surface area contributed by atoms with E-state index in [0.29, 0.717) is 24.7 Å². The Morgan fingerprint density at radius 3 is 2.50 bits per heavy atom. The van der Waals surface area contributed by atoms with Crippen molar-refractivity contribution in [3.8, 4) is 0 Å². The minimum atomic E-state index is -0.362. The molecule has 1 aromatic rings. The molecule has 0 radical (unpaired) electrons. The third-order valence-corrected chi connectivity index (χ3v) is 4.45. The summed E-state index contributed by atoms with van der Waals surface area (Å²) in [5.41, 5.74) is 9.33. The topological polar surface area (TPSA) is 88.7 Å². The van der Waals surface area contributed by atoms with Gasteiger partial charge in [-0.2, -0.15) is 5.53 Å². The number of nitrogens with zero attached hydrogens (tertiary/aromatic N) is 2. The van der Waals surface area contributed by atoms with E-state index in [1.807, 2.05) is 24.3 Å². The molecule has 24 heavy (non-hydrogen) atoms. The highest BCUT2D eigenvalue weighted by atomic mass is 35.5. The lowest BCUT2D eigenvalue weighted by Crippen LogP contribution is -2.52. The third-order valence-electron chi connectivity index (χ3n) is 4.20. The van der Waals surface area contributed by atoms with Gasteiger partial charge in [-0.05, 0) is 24.3 Å². The average molecular weight is 353 g/mol. The molecule has 4 N–H and O–H groups in total. The van der Waals surface area contributed by atoms with Gasteiger partial charge in [0.2, 0.25) is 11.8 Å². The van der Waals surface area contributed by atoms with Gasteiger partial charge in [0, 0.05) is 43.4 Å². The summed E-state index contributed by atoms with van der Waals surface area (Å²) in [5, 5.41) is 3.38. The number of benzene rings is 1. The van der Waals surface area contributed by atoms with Crippen molar-refractivity contribution in [1.82, 2.24) is 26.6 Å². The van der Waals surface area contributed by atoms with E-state index in [-0.39, 0.29) is 24.4 Å². The summed E-state index contributed by atoms with van der Waals surface area (Å²) in [6, 6.07) is 7.34. The number of halogens is 1. The number of carbonyl (C=O) groups is 2. The fraction of sp³-hybridized carbons (Fsp3) is 0.467. The van der Waals surface area contributed by atoms with E-state index in [2.05, 4.69) is 26.6 Å². The van der Waals surface area contributed by atoms with Crippen LogP contribution in [0.3, 0.4) is 0 Å². The molecule has 2 saturated heterocycles. The van der Waals surface area contributed by atoms with Crippen LogP contribution in [-0.4, -0.2) is 62.0 Å². The van der Waals surface area contributed by atoms with Crippen molar-refractivity contribution in [2.24, 2.45) is 0 Å². The lowest BCUT2D eigenvalue weighted by Gasteiger charge is -2.36. The van der Waals surface area contributed by atoms with E-state index in [1.165, 1.54) is 0 Å². The van der Waals surface area contributed by atoms with Gasteiger partial charge in [0.05, 0.1) is 6.54 Å². The molecule has 2 amide bonds. The van der Waals surface area contributed by atoms with E-state index in [0.717, 1.165) is 18.8 Å². The van der Waals surface area contributed by atoms with Crippen LogP contribution in [0.5, 0.6) is 0 Å². The van der Waals surface area contributed by atoms with Crippen molar-refractivity contribution in [1.29, 1.82) is 0 Å². The molecule has 9 heteroatoms. The zero-order valence-corrected chi connectivity index (χ0v) is 14.0. The predicted molar refractivity (Wildman–Crippen MR) is 91.3 cm³/mol. The summed E-state index contributed by atoms with van der Waals surface area (Å²) >= 11 is 5.90. The smallest absolute Gasteiger partial charge is 0.242 e. The van der Waals surface area contributed by atoms with Gasteiger partial charge in [0.1, 0.15) is 6.04 Å². The monoisotopic (exact) mass is 352 g/mol. The van der Waals surface area contributed by atoms with E-state index in [1.54, 1.807) is 4.90 Å². The molecule has 2 aliphatic rings. The highest BCUT2D eigenvalue weighted by molar-refractivity contribution is 6.30. The molecular formula is C15H21ClN6O2. The van der Waals surface area contributed by atoms with Gasteiger partial charge in [0.25, 0.3) is 0 Å². The molecule has 1 atom stereocenters. The number of nitrogens with one attached hydrogen (secondary N) is 4. The molecule has 2 heterocycles. The molecule has 1 aromatic carbocycles. The first-order valence-electron chi connectivity index (χ1n) is 7.93. The largest absolute Gasteiger partial charge is 0.368 e. The molecule has 1 unspecified atom stereocenters.